The molecule has 0 unspecified atom stereocenters. The zero-order valence-corrected chi connectivity index (χ0v) is 35.1. The van der Waals surface area contributed by atoms with E-state index in [4.69, 9.17) is 28.0 Å². The maximum absolute atomic E-state index is 12.2. The van der Waals surface area contributed by atoms with Crippen LogP contribution >= 0.6 is 0 Å². The van der Waals surface area contributed by atoms with Gasteiger partial charge in [-0.25, -0.2) is 19.2 Å². The number of methoxy groups -OCH3 is 2. The molecule has 0 aromatic heterocycles. The third kappa shape index (κ3) is 14.7. The van der Waals surface area contributed by atoms with E-state index in [1.54, 1.807) is 28.9 Å². The Labute approximate surface area is 340 Å². The predicted molar refractivity (Wildman–Crippen MR) is 204 cm³/mol. The molecule has 2 fully saturated rings. The van der Waals surface area contributed by atoms with Gasteiger partial charge in [0.15, 0.2) is 12.0 Å². The van der Waals surface area contributed by atoms with E-state index in [0.717, 1.165) is 0 Å². The molecule has 2 aromatic rings. The number of hydrogen-bond donors (Lipinski definition) is 3. The fourth-order valence-corrected chi connectivity index (χ4v) is 5.72. The second-order valence-electron chi connectivity index (χ2n) is 14.1. The molecule has 4 rings (SSSR count). The number of aromatic carboxylic acids is 2. The number of carboxylic acids is 2. The predicted octanol–water partition coefficient (Wildman–Crippen LogP) is 4.99. The minimum atomic E-state index is -1.44. The molecule has 0 spiro atoms. The van der Waals surface area contributed by atoms with Crippen LogP contribution in [0, 0.1) is 0 Å². The summed E-state index contributed by atoms with van der Waals surface area (Å²) in [5, 5.41) is 28.1. The number of amides is 2. The third-order valence-corrected chi connectivity index (χ3v) is 8.10. The Bertz CT molecular complexity index is 1740. The minimum absolute atomic E-state index is 0.00655. The van der Waals surface area contributed by atoms with Crippen LogP contribution in [0.2, 0.25) is 0 Å². The van der Waals surface area contributed by atoms with Crippen LogP contribution in [0.25, 0.3) is 0 Å². The second kappa shape index (κ2) is 23.2. The molecule has 319 valence electrons. The van der Waals surface area contributed by atoms with Crippen molar-refractivity contribution < 1.29 is 82.1 Å². The number of aliphatic hydroxyl groups excluding tert-OH is 1. The van der Waals surface area contributed by atoms with Gasteiger partial charge in [-0.05, 0) is 65.8 Å². The molecule has 3 N–H and O–H groups in total. The average molecular weight is 849 g/mol. The van der Waals surface area contributed by atoms with Crippen molar-refractivity contribution in [1.29, 1.82) is 0 Å². The number of rotatable bonds is 8. The fourth-order valence-electron chi connectivity index (χ4n) is 5.72. The van der Waals surface area contributed by atoms with Crippen LogP contribution in [0.15, 0.2) is 24.3 Å². The van der Waals surface area contributed by atoms with E-state index >= 15 is 0 Å². The Hall–Kier alpha value is -5.13. The first-order chi connectivity index (χ1) is 27.2. The Morgan fingerprint density at radius 3 is 1.37 bits per heavy atom. The van der Waals surface area contributed by atoms with Crippen LogP contribution in [-0.4, -0.2) is 133 Å². The molecule has 57 heavy (non-hydrogen) atoms. The van der Waals surface area contributed by atoms with E-state index in [2.05, 4.69) is 0 Å². The molecule has 0 aliphatic carbocycles. The molecular weight excluding hydrogens is 791 g/mol. The van der Waals surface area contributed by atoms with E-state index in [-0.39, 0.29) is 40.2 Å². The molecule has 2 heterocycles. The number of benzene rings is 2. The van der Waals surface area contributed by atoms with Crippen LogP contribution in [0.5, 0.6) is 11.5 Å². The fraction of sp³-hybridized carbons (Fsp3) is 0.553. The summed E-state index contributed by atoms with van der Waals surface area (Å²) in [7, 11) is 2.84. The summed E-state index contributed by atoms with van der Waals surface area (Å²) < 4.78 is 44.5. The summed E-state index contributed by atoms with van der Waals surface area (Å²) in [6, 6.07) is 6.15. The number of anilines is 2. The summed E-state index contributed by atoms with van der Waals surface area (Å²) >= 11 is -1.44. The SMILES string of the molecule is COc1c(N2CCN(C(=O)OC(C)(C)C)CC2)ccc(C(=O)O)c1C=O.COc1c(N2CCN(C(=O)OC(C)(C)C)CC2)ccc(C(=O)O)c1CO.[2H]CC.[O]=[Mn]=[O]. The van der Waals surface area contributed by atoms with E-state index < -0.39 is 44.6 Å². The Morgan fingerprint density at radius 2 is 1.07 bits per heavy atom. The molecule has 0 atom stereocenters. The molecule has 2 aliphatic rings. The van der Waals surface area contributed by atoms with Gasteiger partial charge in [0.1, 0.15) is 17.0 Å². The molecule has 2 saturated heterocycles. The van der Waals surface area contributed by atoms with Gasteiger partial charge in [-0.3, -0.25) is 4.79 Å². The topological polar surface area (TPSA) is 230 Å². The van der Waals surface area contributed by atoms with Crippen LogP contribution in [0.3, 0.4) is 0 Å². The van der Waals surface area contributed by atoms with E-state index in [9.17, 15) is 39.3 Å². The van der Waals surface area contributed by atoms with Crippen LogP contribution in [0.4, 0.5) is 21.0 Å². The summed E-state index contributed by atoms with van der Waals surface area (Å²) in [4.78, 5) is 65.5. The Kier molecular flexibility index (Phi) is 19.5. The number of aliphatic hydroxyl groups is 1. The zero-order valence-electron chi connectivity index (χ0n) is 35.0. The number of aldehydes is 1. The van der Waals surface area contributed by atoms with Gasteiger partial charge in [0, 0.05) is 59.3 Å². The molecule has 19 heteroatoms. The average Bonchev–Trinajstić information content (AvgIpc) is 3.16. The van der Waals surface area contributed by atoms with Crippen molar-refractivity contribution in [3.05, 3.63) is 46.5 Å². The van der Waals surface area contributed by atoms with Gasteiger partial charge < -0.3 is 53.9 Å². The monoisotopic (exact) mass is 848 g/mol. The van der Waals surface area contributed by atoms with Crippen LogP contribution in [0.1, 0.15) is 93.4 Å². The van der Waals surface area contributed by atoms with Gasteiger partial charge in [-0.2, -0.15) is 0 Å². The molecule has 2 aliphatic heterocycles. The quantitative estimate of drug-likeness (QED) is 0.235. The normalized spacial score (nSPS) is 14.1. The van der Waals surface area contributed by atoms with Gasteiger partial charge in [0.2, 0.25) is 0 Å². The number of carbonyl (C=O) groups is 5. The number of hydrogen-bond acceptors (Lipinski definition) is 14. The zero-order chi connectivity index (χ0) is 44.4. The molecule has 2 aromatic carbocycles. The first-order valence-corrected chi connectivity index (χ1v) is 18.7. The van der Waals surface area contributed by atoms with E-state index in [1.165, 1.54) is 26.4 Å². The number of nitrogens with zero attached hydrogens (tertiary/aromatic N) is 4. The number of carboxylic acid groups (broad SMARTS) is 2. The summed E-state index contributed by atoms with van der Waals surface area (Å²) in [5.74, 6) is -1.73. The molecular formula is C38H56MnN4O14. The standard InChI is InChI=1S/C18H26N2O6.C18H24N2O6.C2H6.Mn.2O/c2*1-18(2,3)26-17(24)20-9-7-19(8-10-20)14-6-5-12(16(22)23)13(11-21)15(14)25-4;1-2;;;/h5-6,21H,7-11H2,1-4H3,(H,22,23);5-6,11H,7-10H2,1-4H3,(H,22,23);1-2H3;;;/i;;1D;;;. The van der Waals surface area contributed by atoms with Crippen molar-refractivity contribution >= 4 is 41.8 Å². The molecule has 0 saturated carbocycles. The van der Waals surface area contributed by atoms with Crippen LogP contribution < -0.4 is 19.3 Å². The number of carbonyl (C=O) groups excluding carboxylic acids is 3. The molecule has 2 amide bonds. The third-order valence-electron chi connectivity index (χ3n) is 8.10. The molecule has 0 radical (unpaired) electrons. The Morgan fingerprint density at radius 1 is 0.719 bits per heavy atom. The molecule has 18 nitrogen and oxygen atoms in total. The Balaban J connectivity index is 0.000000510. The van der Waals surface area contributed by atoms with Gasteiger partial charge in [-0.15, -0.1) is 0 Å². The van der Waals surface area contributed by atoms with E-state index in [0.29, 0.717) is 82.7 Å². The number of piperazine rings is 2. The first-order valence-electron chi connectivity index (χ1n) is 18.5. The van der Waals surface area contributed by atoms with Gasteiger partial charge in [-0.1, -0.05) is 13.8 Å². The van der Waals surface area contributed by atoms with Crippen molar-refractivity contribution in [2.24, 2.45) is 0 Å². The maximum atomic E-state index is 12.2. The van der Waals surface area contributed by atoms with Gasteiger partial charge in [0.05, 0.1) is 48.9 Å². The summed E-state index contributed by atoms with van der Waals surface area (Å²) in [5.41, 5.74) is 0.393. The van der Waals surface area contributed by atoms with Crippen molar-refractivity contribution in [3.63, 3.8) is 0 Å². The van der Waals surface area contributed by atoms with E-state index in [1.807, 2.05) is 51.3 Å². The summed E-state index contributed by atoms with van der Waals surface area (Å²) in [6.45, 7) is 16.8. The second-order valence-corrected chi connectivity index (χ2v) is 14.3. The van der Waals surface area contributed by atoms with Crippen LogP contribution in [-0.2, 0) is 38.6 Å². The van der Waals surface area contributed by atoms with Crippen molar-refractivity contribution in [2.75, 3.05) is 76.4 Å². The molecule has 0 bridgehead atoms. The van der Waals surface area contributed by atoms with Gasteiger partial charge >= 0.3 is 46.6 Å². The first kappa shape index (κ1) is 48.0. The summed E-state index contributed by atoms with van der Waals surface area (Å²) in [6.07, 6.45) is -0.219. The van der Waals surface area contributed by atoms with Gasteiger partial charge in [0.25, 0.3) is 0 Å². The number of ether oxygens (including phenoxy) is 4. The van der Waals surface area contributed by atoms with Crippen molar-refractivity contribution in [3.8, 4) is 11.5 Å². The van der Waals surface area contributed by atoms with Crippen molar-refractivity contribution in [2.45, 2.75) is 73.2 Å². The van der Waals surface area contributed by atoms with Crippen molar-refractivity contribution in [1.82, 2.24) is 9.80 Å².